The lowest BCUT2D eigenvalue weighted by Gasteiger charge is -2.22. The molecular formula is C26H36BFN4O. The molecular weight excluding hydrogens is 414 g/mol. The van der Waals surface area contributed by atoms with E-state index in [2.05, 4.69) is 6.08 Å². The average molecular weight is 450 g/mol. The monoisotopic (exact) mass is 450 g/mol. The van der Waals surface area contributed by atoms with Gasteiger partial charge in [-0.15, -0.1) is 0 Å². The summed E-state index contributed by atoms with van der Waals surface area (Å²) >= 11 is 0. The summed E-state index contributed by atoms with van der Waals surface area (Å²) in [6.07, 6.45) is 2.06. The van der Waals surface area contributed by atoms with Gasteiger partial charge in [-0.05, 0) is 104 Å². The third-order valence-corrected chi connectivity index (χ3v) is 5.87. The predicted molar refractivity (Wildman–Crippen MR) is 138 cm³/mol. The van der Waals surface area contributed by atoms with Gasteiger partial charge in [0.2, 0.25) is 0 Å². The van der Waals surface area contributed by atoms with Gasteiger partial charge in [-0.25, -0.2) is 0 Å². The lowest BCUT2D eigenvalue weighted by atomic mass is 9.87. The smallest absolute Gasteiger partial charge is 0.462 e. The number of rotatable bonds is 7. The molecule has 0 radical (unpaired) electrons. The van der Waals surface area contributed by atoms with Crippen LogP contribution in [-0.4, -0.2) is 60.4 Å². The predicted octanol–water partition coefficient (Wildman–Crippen LogP) is 5.05. The number of benzene rings is 1. The van der Waals surface area contributed by atoms with Crippen LogP contribution in [0.4, 0.5) is 4.32 Å². The van der Waals surface area contributed by atoms with E-state index in [9.17, 15) is 9.42 Å². The van der Waals surface area contributed by atoms with Gasteiger partial charge < -0.3 is 23.7 Å². The van der Waals surface area contributed by atoms with E-state index in [1.807, 2.05) is 83.9 Å². The highest BCUT2D eigenvalue weighted by molar-refractivity contribution is 6.48. The van der Waals surface area contributed by atoms with Gasteiger partial charge in [0.05, 0.1) is 5.70 Å². The number of aromatic hydroxyl groups is 1. The van der Waals surface area contributed by atoms with E-state index in [-0.39, 0.29) is 0 Å². The molecule has 0 spiro atoms. The minimum atomic E-state index is -1.18. The third kappa shape index (κ3) is 5.15. The Hall–Kier alpha value is -2.64. The molecule has 176 valence electrons. The Balaban J connectivity index is 2.42. The molecule has 0 fully saturated rings. The molecule has 0 atom stereocenters. The highest BCUT2D eigenvalue weighted by Crippen LogP contribution is 2.39. The van der Waals surface area contributed by atoms with Crippen molar-refractivity contribution in [3.8, 4) is 5.75 Å². The fraction of sp³-hybridized carbons (Fsp3) is 0.423. The Kier molecular flexibility index (Phi) is 7.34. The normalized spacial score (nSPS) is 15.4. The number of aliphatic imine (C=N–C) groups is 1. The summed E-state index contributed by atoms with van der Waals surface area (Å²) in [4.78, 5) is 8.94. The number of phenols is 1. The van der Waals surface area contributed by atoms with Gasteiger partial charge in [-0.2, -0.15) is 0 Å². The summed E-state index contributed by atoms with van der Waals surface area (Å²) in [5.74, 6) is 0.311. The standard InChI is InChI=1S/C26H36BFN4O/c1-16-10-18(3)29-24(16)23(25-17(2)11-19(4)32(25)27(5)28)20-12-21(14-30(6)7)26(33)22(13-20)15-31(8)9/h10-13,33H,14-15H2,1-9H3/b24-23-. The molecule has 3 rings (SSSR count). The van der Waals surface area contributed by atoms with Crippen molar-refractivity contribution in [3.05, 3.63) is 69.2 Å². The van der Waals surface area contributed by atoms with Crippen LogP contribution in [0.2, 0.25) is 6.82 Å². The first-order valence-corrected chi connectivity index (χ1v) is 11.4. The number of aromatic nitrogens is 1. The van der Waals surface area contributed by atoms with Crippen molar-refractivity contribution in [1.29, 1.82) is 0 Å². The zero-order valence-corrected chi connectivity index (χ0v) is 21.4. The molecule has 7 heteroatoms. The molecule has 2 heterocycles. The second-order valence-corrected chi connectivity index (χ2v) is 9.68. The Morgan fingerprint density at radius 2 is 1.55 bits per heavy atom. The Bertz CT molecular complexity index is 1120. The van der Waals surface area contributed by atoms with E-state index in [1.54, 1.807) is 11.3 Å². The van der Waals surface area contributed by atoms with E-state index >= 15 is 0 Å². The summed E-state index contributed by atoms with van der Waals surface area (Å²) < 4.78 is 16.7. The van der Waals surface area contributed by atoms with Crippen LogP contribution in [-0.2, 0) is 13.1 Å². The second-order valence-electron chi connectivity index (χ2n) is 9.68. The van der Waals surface area contributed by atoms with E-state index in [0.29, 0.717) is 18.8 Å². The van der Waals surface area contributed by atoms with E-state index in [1.165, 1.54) is 0 Å². The van der Waals surface area contributed by atoms with Gasteiger partial charge in [-0.3, -0.25) is 4.99 Å². The first kappa shape index (κ1) is 25.0. The lowest BCUT2D eigenvalue weighted by molar-refractivity contribution is 0.368. The number of halogens is 1. The van der Waals surface area contributed by atoms with E-state index < -0.39 is 7.12 Å². The summed E-state index contributed by atoms with van der Waals surface area (Å²) in [6, 6.07) is 6.09. The van der Waals surface area contributed by atoms with Crippen LogP contribution in [0.1, 0.15) is 47.5 Å². The second kappa shape index (κ2) is 9.70. The van der Waals surface area contributed by atoms with Crippen molar-refractivity contribution in [2.24, 2.45) is 4.99 Å². The Labute approximate surface area is 198 Å². The van der Waals surface area contributed by atoms with Gasteiger partial charge >= 0.3 is 7.12 Å². The van der Waals surface area contributed by atoms with Crippen molar-refractivity contribution >= 4 is 18.4 Å². The largest absolute Gasteiger partial charge is 0.507 e. The minimum Gasteiger partial charge on any atom is -0.507 e. The number of allylic oxidation sites excluding steroid dienone is 2. The van der Waals surface area contributed by atoms with E-state index in [0.717, 1.165) is 56.2 Å². The molecule has 1 aromatic heterocycles. The molecule has 33 heavy (non-hydrogen) atoms. The fourth-order valence-corrected chi connectivity index (χ4v) is 4.74. The number of hydrogen-bond donors (Lipinski definition) is 1. The lowest BCUT2D eigenvalue weighted by Crippen LogP contribution is -2.20. The zero-order valence-electron chi connectivity index (χ0n) is 21.4. The molecule has 0 amide bonds. The van der Waals surface area contributed by atoms with Gasteiger partial charge in [0, 0.05) is 46.9 Å². The van der Waals surface area contributed by atoms with Crippen LogP contribution in [0.25, 0.3) is 5.57 Å². The van der Waals surface area contributed by atoms with Crippen LogP contribution in [0.5, 0.6) is 5.75 Å². The molecule has 1 N–H and O–H groups in total. The molecule has 1 aliphatic heterocycles. The number of nitrogens with zero attached hydrogens (tertiary/aromatic N) is 4. The molecule has 1 aromatic carbocycles. The van der Waals surface area contributed by atoms with Crippen LogP contribution < -0.4 is 0 Å². The molecule has 2 aromatic rings. The molecule has 0 saturated carbocycles. The van der Waals surface area contributed by atoms with Crippen molar-refractivity contribution in [1.82, 2.24) is 14.3 Å². The molecule has 5 nitrogen and oxygen atoms in total. The van der Waals surface area contributed by atoms with Gasteiger partial charge in [0.15, 0.2) is 0 Å². The highest BCUT2D eigenvalue weighted by Gasteiger charge is 2.27. The van der Waals surface area contributed by atoms with Crippen molar-refractivity contribution in [2.75, 3.05) is 28.2 Å². The van der Waals surface area contributed by atoms with Crippen molar-refractivity contribution < 1.29 is 9.42 Å². The summed E-state index contributed by atoms with van der Waals surface area (Å²) in [6.45, 7) is 10.7. The minimum absolute atomic E-state index is 0.311. The maximum Gasteiger partial charge on any atom is 0.462 e. The fourth-order valence-electron chi connectivity index (χ4n) is 4.74. The van der Waals surface area contributed by atoms with Gasteiger partial charge in [0.25, 0.3) is 0 Å². The zero-order chi connectivity index (χ0) is 24.6. The SMILES string of the molecule is CB(F)n1c(C)cc(C)c1/C(=C1\N=C(C)C=C1C)c1cc(CN(C)C)c(O)c(CN(C)C)c1. The summed E-state index contributed by atoms with van der Waals surface area (Å²) in [5.41, 5.74) is 9.06. The Morgan fingerprint density at radius 1 is 1.00 bits per heavy atom. The van der Waals surface area contributed by atoms with Gasteiger partial charge in [-0.1, -0.05) is 0 Å². The summed E-state index contributed by atoms with van der Waals surface area (Å²) in [7, 11) is 6.76. The highest BCUT2D eigenvalue weighted by atomic mass is 19.1. The first-order valence-electron chi connectivity index (χ1n) is 11.4. The van der Waals surface area contributed by atoms with Crippen molar-refractivity contribution in [2.45, 2.75) is 47.6 Å². The van der Waals surface area contributed by atoms with Crippen LogP contribution in [0, 0.1) is 13.8 Å². The van der Waals surface area contributed by atoms with Crippen LogP contribution >= 0.6 is 0 Å². The maximum atomic E-state index is 14.9. The molecule has 0 aliphatic carbocycles. The molecule has 0 bridgehead atoms. The molecule has 0 saturated heterocycles. The molecule has 1 aliphatic rings. The average Bonchev–Trinajstić information content (AvgIpc) is 3.16. The number of aryl methyl sites for hydroxylation is 2. The molecule has 0 unspecified atom stereocenters. The van der Waals surface area contributed by atoms with Crippen LogP contribution in [0.15, 0.2) is 40.5 Å². The summed E-state index contributed by atoms with van der Waals surface area (Å²) in [5, 5.41) is 11.1. The van der Waals surface area contributed by atoms with Crippen molar-refractivity contribution in [3.63, 3.8) is 0 Å². The third-order valence-electron chi connectivity index (χ3n) is 5.87. The van der Waals surface area contributed by atoms with E-state index in [4.69, 9.17) is 4.99 Å². The first-order chi connectivity index (χ1) is 15.4. The van der Waals surface area contributed by atoms with Crippen LogP contribution in [0.3, 0.4) is 0 Å². The number of phenolic OH excluding ortho intramolecular Hbond substituents is 1. The maximum absolute atomic E-state index is 14.9. The number of hydrogen-bond acceptors (Lipinski definition) is 4. The van der Waals surface area contributed by atoms with Gasteiger partial charge in [0.1, 0.15) is 5.75 Å². The topological polar surface area (TPSA) is 44.0 Å². The quantitative estimate of drug-likeness (QED) is 0.601. The Morgan fingerprint density at radius 3 is 1.97 bits per heavy atom.